The Hall–Kier alpha value is -0.260. The predicted octanol–water partition coefficient (Wildman–Crippen LogP) is 2.81. The largest absolute Gasteiger partial charge is 0.0880 e. The van der Waals surface area contributed by atoms with Gasteiger partial charge in [0.25, 0.3) is 0 Å². The van der Waals surface area contributed by atoms with Gasteiger partial charge in [0.15, 0.2) is 0 Å². The van der Waals surface area contributed by atoms with E-state index in [1.54, 1.807) is 0 Å². The highest BCUT2D eigenvalue weighted by Crippen LogP contribution is 1.99. The summed E-state index contributed by atoms with van der Waals surface area (Å²) in [6, 6.07) is 0. The van der Waals surface area contributed by atoms with Crippen molar-refractivity contribution < 1.29 is 0 Å². The van der Waals surface area contributed by atoms with Crippen molar-refractivity contribution in [2.24, 2.45) is 5.92 Å². The first kappa shape index (κ1) is 7.74. The topological polar surface area (TPSA) is 0 Å². The van der Waals surface area contributed by atoms with Gasteiger partial charge in [-0.2, -0.15) is 0 Å². The molecule has 0 aromatic rings. The highest BCUT2D eigenvalue weighted by Gasteiger charge is 1.84. The summed E-state index contributed by atoms with van der Waals surface area (Å²) in [5.41, 5.74) is 0. The SMILES string of the molecule is C[CH]C=CCC(C)C. The second-order valence-electron chi connectivity index (χ2n) is 2.39. The first-order valence-corrected chi connectivity index (χ1v) is 3.22. The molecule has 0 nitrogen and oxygen atoms in total. The maximum atomic E-state index is 2.22. The van der Waals surface area contributed by atoms with Gasteiger partial charge in [0.2, 0.25) is 0 Å². The second kappa shape index (κ2) is 4.89. The smallest absolute Gasteiger partial charge is 0.0202 e. The monoisotopic (exact) mass is 111 g/mol. The van der Waals surface area contributed by atoms with Crippen LogP contribution in [0.25, 0.3) is 0 Å². The molecule has 0 saturated heterocycles. The number of allylic oxidation sites excluding steroid dienone is 2. The van der Waals surface area contributed by atoms with Gasteiger partial charge in [-0.15, -0.1) is 0 Å². The molecule has 0 atom stereocenters. The molecule has 0 spiro atoms. The Labute approximate surface area is 52.6 Å². The summed E-state index contributed by atoms with van der Waals surface area (Å²) >= 11 is 0. The molecule has 0 aliphatic heterocycles. The second-order valence-corrected chi connectivity index (χ2v) is 2.39. The van der Waals surface area contributed by atoms with Crippen molar-refractivity contribution in [3.05, 3.63) is 18.6 Å². The van der Waals surface area contributed by atoms with Crippen molar-refractivity contribution in [1.82, 2.24) is 0 Å². The van der Waals surface area contributed by atoms with E-state index < -0.39 is 0 Å². The molecular formula is C8H15. The highest BCUT2D eigenvalue weighted by molar-refractivity contribution is 4.91. The molecule has 0 heterocycles. The number of hydrogen-bond acceptors (Lipinski definition) is 0. The van der Waals surface area contributed by atoms with Crippen molar-refractivity contribution in [3.63, 3.8) is 0 Å². The Balaban J connectivity index is 3.03. The van der Waals surface area contributed by atoms with Crippen LogP contribution in [0, 0.1) is 12.3 Å². The predicted molar refractivity (Wildman–Crippen MR) is 38.6 cm³/mol. The van der Waals surface area contributed by atoms with Gasteiger partial charge in [0.05, 0.1) is 0 Å². The van der Waals surface area contributed by atoms with Gasteiger partial charge in [0.1, 0.15) is 0 Å². The Bertz CT molecular complexity index is 60.4. The van der Waals surface area contributed by atoms with Crippen LogP contribution in [0.4, 0.5) is 0 Å². The minimum absolute atomic E-state index is 0.797. The summed E-state index contributed by atoms with van der Waals surface area (Å²) in [5, 5.41) is 0. The van der Waals surface area contributed by atoms with Gasteiger partial charge >= 0.3 is 0 Å². The quantitative estimate of drug-likeness (QED) is 0.525. The van der Waals surface area contributed by atoms with E-state index in [1.165, 1.54) is 6.42 Å². The van der Waals surface area contributed by atoms with E-state index in [0.717, 1.165) is 5.92 Å². The maximum absolute atomic E-state index is 2.22. The van der Waals surface area contributed by atoms with Gasteiger partial charge < -0.3 is 0 Å². The van der Waals surface area contributed by atoms with Crippen LogP contribution in [0.5, 0.6) is 0 Å². The lowest BCUT2D eigenvalue weighted by atomic mass is 10.1. The molecule has 0 aromatic heterocycles. The molecule has 47 valence electrons. The van der Waals surface area contributed by atoms with Crippen LogP contribution in [0.2, 0.25) is 0 Å². The van der Waals surface area contributed by atoms with Gasteiger partial charge in [-0.05, 0) is 18.8 Å². The van der Waals surface area contributed by atoms with Crippen molar-refractivity contribution in [1.29, 1.82) is 0 Å². The first-order valence-electron chi connectivity index (χ1n) is 3.22. The molecule has 0 heteroatoms. The average Bonchev–Trinajstić information content (AvgIpc) is 1.66. The third-order valence-corrected chi connectivity index (χ3v) is 0.936. The van der Waals surface area contributed by atoms with E-state index in [-0.39, 0.29) is 0 Å². The molecule has 8 heavy (non-hydrogen) atoms. The maximum Gasteiger partial charge on any atom is -0.0202 e. The lowest BCUT2D eigenvalue weighted by molar-refractivity contribution is 0.663. The van der Waals surface area contributed by atoms with Gasteiger partial charge in [-0.1, -0.05) is 32.9 Å². The summed E-state index contributed by atoms with van der Waals surface area (Å²) in [6.45, 7) is 6.48. The Morgan fingerprint density at radius 2 is 2.00 bits per heavy atom. The van der Waals surface area contributed by atoms with Crippen molar-refractivity contribution >= 4 is 0 Å². The molecular weight excluding hydrogens is 96.1 g/mol. The average molecular weight is 111 g/mol. The molecule has 0 bridgehead atoms. The van der Waals surface area contributed by atoms with Crippen LogP contribution in [0.3, 0.4) is 0 Å². The summed E-state index contributed by atoms with van der Waals surface area (Å²) in [7, 11) is 0. The summed E-state index contributed by atoms with van der Waals surface area (Å²) in [4.78, 5) is 0. The lowest BCUT2D eigenvalue weighted by Gasteiger charge is -1.94. The van der Waals surface area contributed by atoms with Crippen molar-refractivity contribution in [2.75, 3.05) is 0 Å². The highest BCUT2D eigenvalue weighted by atomic mass is 13.9. The summed E-state index contributed by atoms with van der Waals surface area (Å²) in [6.07, 6.45) is 7.55. The molecule has 0 unspecified atom stereocenters. The minimum Gasteiger partial charge on any atom is -0.0880 e. The molecule has 0 amide bonds. The molecule has 0 rings (SSSR count). The molecule has 1 radical (unpaired) electrons. The van der Waals surface area contributed by atoms with E-state index in [0.29, 0.717) is 0 Å². The molecule has 0 fully saturated rings. The summed E-state index contributed by atoms with van der Waals surface area (Å²) < 4.78 is 0. The number of rotatable bonds is 3. The Morgan fingerprint density at radius 3 is 2.38 bits per heavy atom. The van der Waals surface area contributed by atoms with Crippen LogP contribution in [-0.2, 0) is 0 Å². The van der Waals surface area contributed by atoms with Crippen LogP contribution in [0.15, 0.2) is 12.2 Å². The van der Waals surface area contributed by atoms with E-state index in [4.69, 9.17) is 0 Å². The van der Waals surface area contributed by atoms with Crippen molar-refractivity contribution in [2.45, 2.75) is 27.2 Å². The zero-order valence-electron chi connectivity index (χ0n) is 6.02. The van der Waals surface area contributed by atoms with E-state index in [9.17, 15) is 0 Å². The fraction of sp³-hybridized carbons (Fsp3) is 0.625. The molecule has 0 aliphatic rings. The molecule has 0 N–H and O–H groups in total. The van der Waals surface area contributed by atoms with Crippen LogP contribution >= 0.6 is 0 Å². The fourth-order valence-corrected chi connectivity index (χ4v) is 0.487. The Morgan fingerprint density at radius 1 is 1.38 bits per heavy atom. The van der Waals surface area contributed by atoms with Crippen molar-refractivity contribution in [3.8, 4) is 0 Å². The third kappa shape index (κ3) is 5.74. The zero-order chi connectivity index (χ0) is 6.41. The Kier molecular flexibility index (Phi) is 4.73. The standard InChI is InChI=1S/C8H15/c1-4-5-6-7-8(2)3/h4-6,8H,7H2,1-3H3. The lowest BCUT2D eigenvalue weighted by Crippen LogP contribution is -1.80. The van der Waals surface area contributed by atoms with E-state index >= 15 is 0 Å². The third-order valence-electron chi connectivity index (χ3n) is 0.936. The van der Waals surface area contributed by atoms with Gasteiger partial charge in [0, 0.05) is 0 Å². The molecule has 0 aliphatic carbocycles. The zero-order valence-corrected chi connectivity index (χ0v) is 6.02. The van der Waals surface area contributed by atoms with Crippen LogP contribution in [0.1, 0.15) is 27.2 Å². The van der Waals surface area contributed by atoms with Crippen LogP contribution < -0.4 is 0 Å². The van der Waals surface area contributed by atoms with Gasteiger partial charge in [-0.25, -0.2) is 0 Å². The van der Waals surface area contributed by atoms with E-state index in [1.807, 2.05) is 6.92 Å². The summed E-state index contributed by atoms with van der Waals surface area (Å²) in [5.74, 6) is 0.797. The molecule has 0 aromatic carbocycles. The van der Waals surface area contributed by atoms with Crippen LogP contribution in [-0.4, -0.2) is 0 Å². The normalized spacial score (nSPS) is 11.5. The fourth-order valence-electron chi connectivity index (χ4n) is 0.487. The first-order chi connectivity index (χ1) is 3.77. The van der Waals surface area contributed by atoms with E-state index in [2.05, 4.69) is 32.4 Å². The number of hydrogen-bond donors (Lipinski definition) is 0. The molecule has 0 saturated carbocycles. The van der Waals surface area contributed by atoms with Gasteiger partial charge in [-0.3, -0.25) is 0 Å². The minimum atomic E-state index is 0.797.